The maximum absolute atomic E-state index is 11.4. The van der Waals surface area contributed by atoms with Crippen molar-refractivity contribution >= 4 is 11.8 Å². The van der Waals surface area contributed by atoms with Gasteiger partial charge in [0.2, 0.25) is 0 Å². The summed E-state index contributed by atoms with van der Waals surface area (Å²) in [6, 6.07) is 1.54. The van der Waals surface area contributed by atoms with Crippen molar-refractivity contribution in [2.45, 2.75) is 37.6 Å². The zero-order chi connectivity index (χ0) is 12.8. The summed E-state index contributed by atoms with van der Waals surface area (Å²) in [7, 11) is 0. The number of hydrogen-bond donors (Lipinski definition) is 1. The van der Waals surface area contributed by atoms with E-state index >= 15 is 0 Å². The first-order valence-electron chi connectivity index (χ1n) is 6.24. The number of nitrogens with zero attached hydrogens (tertiary/aromatic N) is 1. The number of rotatable bonds is 5. The lowest BCUT2D eigenvalue weighted by atomic mass is 10.3. The van der Waals surface area contributed by atoms with Gasteiger partial charge < -0.3 is 14.5 Å². The number of hydrogen-bond acceptors (Lipinski definition) is 5. The summed E-state index contributed by atoms with van der Waals surface area (Å²) in [4.78, 5) is 18.5. The first-order valence-corrected chi connectivity index (χ1v) is 7.22. The maximum Gasteiger partial charge on any atom is 0.251 e. The van der Waals surface area contributed by atoms with Gasteiger partial charge in [-0.2, -0.15) is 0 Å². The van der Waals surface area contributed by atoms with Gasteiger partial charge in [-0.1, -0.05) is 18.7 Å². The SMILES string of the molecule is CCc1cc(=O)[nH]c(SCCC2OCCCO2)n1. The van der Waals surface area contributed by atoms with E-state index in [1.54, 1.807) is 0 Å². The summed E-state index contributed by atoms with van der Waals surface area (Å²) >= 11 is 1.53. The summed E-state index contributed by atoms with van der Waals surface area (Å²) in [5.41, 5.74) is 0.737. The molecule has 6 heteroatoms. The highest BCUT2D eigenvalue weighted by Crippen LogP contribution is 2.17. The smallest absolute Gasteiger partial charge is 0.251 e. The van der Waals surface area contributed by atoms with Crippen molar-refractivity contribution in [3.8, 4) is 0 Å². The number of thioether (sulfide) groups is 1. The van der Waals surface area contributed by atoms with E-state index in [4.69, 9.17) is 9.47 Å². The van der Waals surface area contributed by atoms with Gasteiger partial charge in [0, 0.05) is 23.9 Å². The zero-order valence-corrected chi connectivity index (χ0v) is 11.3. The number of ether oxygens (including phenoxy) is 2. The second kappa shape index (κ2) is 6.92. The fraction of sp³-hybridized carbons (Fsp3) is 0.667. The molecule has 0 amide bonds. The number of aryl methyl sites for hydroxylation is 1. The Labute approximate surface area is 110 Å². The van der Waals surface area contributed by atoms with Gasteiger partial charge in [-0.15, -0.1) is 0 Å². The minimum atomic E-state index is -0.104. The Kier molecular flexibility index (Phi) is 5.22. The van der Waals surface area contributed by atoms with E-state index in [0.29, 0.717) is 5.16 Å². The van der Waals surface area contributed by atoms with Gasteiger partial charge in [-0.25, -0.2) is 4.98 Å². The molecule has 0 spiro atoms. The number of aromatic amines is 1. The minimum Gasteiger partial charge on any atom is -0.353 e. The van der Waals surface area contributed by atoms with E-state index in [0.717, 1.165) is 43.9 Å². The average Bonchev–Trinajstić information content (AvgIpc) is 2.39. The fourth-order valence-corrected chi connectivity index (χ4v) is 2.55. The second-order valence-electron chi connectivity index (χ2n) is 4.06. The first kappa shape index (κ1) is 13.6. The van der Waals surface area contributed by atoms with E-state index in [9.17, 15) is 4.79 Å². The lowest BCUT2D eigenvalue weighted by Gasteiger charge is -2.22. The Balaban J connectivity index is 1.82. The molecule has 1 fully saturated rings. The normalized spacial score (nSPS) is 16.9. The molecule has 2 heterocycles. The molecule has 0 unspecified atom stereocenters. The zero-order valence-electron chi connectivity index (χ0n) is 10.5. The Hall–Kier alpha value is -0.850. The van der Waals surface area contributed by atoms with Crippen LogP contribution in [0.1, 0.15) is 25.5 Å². The summed E-state index contributed by atoms with van der Waals surface area (Å²) in [6.45, 7) is 3.53. The van der Waals surface area contributed by atoms with Gasteiger partial charge in [0.1, 0.15) is 0 Å². The number of H-pyrrole nitrogens is 1. The highest BCUT2D eigenvalue weighted by molar-refractivity contribution is 7.99. The van der Waals surface area contributed by atoms with Crippen molar-refractivity contribution < 1.29 is 9.47 Å². The predicted octanol–water partition coefficient (Wildman–Crippen LogP) is 1.58. The lowest BCUT2D eigenvalue weighted by Crippen LogP contribution is -2.25. The molecule has 5 nitrogen and oxygen atoms in total. The van der Waals surface area contributed by atoms with Crippen LogP contribution in [0.25, 0.3) is 0 Å². The number of aromatic nitrogens is 2. The van der Waals surface area contributed by atoms with Gasteiger partial charge in [-0.05, 0) is 12.8 Å². The van der Waals surface area contributed by atoms with Gasteiger partial charge in [0.05, 0.1) is 13.2 Å². The summed E-state index contributed by atoms with van der Waals surface area (Å²) in [5.74, 6) is 0.820. The number of nitrogens with one attached hydrogen (secondary N) is 1. The molecule has 1 aromatic rings. The van der Waals surface area contributed by atoms with E-state index in [1.165, 1.54) is 17.8 Å². The van der Waals surface area contributed by atoms with Crippen LogP contribution in [-0.4, -0.2) is 35.2 Å². The van der Waals surface area contributed by atoms with Crippen LogP contribution >= 0.6 is 11.8 Å². The molecular weight excluding hydrogens is 252 g/mol. The van der Waals surface area contributed by atoms with Crippen LogP contribution in [0.2, 0.25) is 0 Å². The summed E-state index contributed by atoms with van der Waals surface area (Å²) in [6.07, 6.45) is 2.45. The van der Waals surface area contributed by atoms with Gasteiger partial charge in [0.15, 0.2) is 11.4 Å². The molecule has 18 heavy (non-hydrogen) atoms. The molecule has 0 aromatic carbocycles. The van der Waals surface area contributed by atoms with Crippen molar-refractivity contribution in [1.29, 1.82) is 0 Å². The molecule has 1 aromatic heterocycles. The maximum atomic E-state index is 11.4. The van der Waals surface area contributed by atoms with Crippen molar-refractivity contribution in [3.05, 3.63) is 22.1 Å². The topological polar surface area (TPSA) is 64.2 Å². The Morgan fingerprint density at radius 2 is 2.28 bits per heavy atom. The third kappa shape index (κ3) is 4.12. The van der Waals surface area contributed by atoms with Crippen LogP contribution in [0.3, 0.4) is 0 Å². The molecule has 0 bridgehead atoms. The summed E-state index contributed by atoms with van der Waals surface area (Å²) in [5, 5.41) is 0.676. The molecule has 1 saturated heterocycles. The highest BCUT2D eigenvalue weighted by Gasteiger charge is 2.14. The van der Waals surface area contributed by atoms with Crippen LogP contribution in [0.5, 0.6) is 0 Å². The Morgan fingerprint density at radius 1 is 1.50 bits per heavy atom. The molecular formula is C12H18N2O3S. The molecule has 1 N–H and O–H groups in total. The quantitative estimate of drug-likeness (QED) is 0.650. The van der Waals surface area contributed by atoms with Crippen LogP contribution < -0.4 is 5.56 Å². The van der Waals surface area contributed by atoms with Crippen molar-refractivity contribution in [3.63, 3.8) is 0 Å². The van der Waals surface area contributed by atoms with Crippen LogP contribution in [0.4, 0.5) is 0 Å². The Bertz CT molecular complexity index is 430. The van der Waals surface area contributed by atoms with Crippen LogP contribution in [0, 0.1) is 0 Å². The molecule has 100 valence electrons. The molecule has 2 rings (SSSR count). The van der Waals surface area contributed by atoms with Gasteiger partial charge in [0.25, 0.3) is 5.56 Å². The van der Waals surface area contributed by atoms with E-state index in [2.05, 4.69) is 9.97 Å². The highest BCUT2D eigenvalue weighted by atomic mass is 32.2. The molecule has 0 saturated carbocycles. The fourth-order valence-electron chi connectivity index (χ4n) is 1.69. The van der Waals surface area contributed by atoms with Gasteiger partial charge >= 0.3 is 0 Å². The van der Waals surface area contributed by atoms with Crippen molar-refractivity contribution in [1.82, 2.24) is 9.97 Å². The van der Waals surface area contributed by atoms with E-state index in [1.807, 2.05) is 6.92 Å². The molecule has 1 aliphatic rings. The van der Waals surface area contributed by atoms with E-state index in [-0.39, 0.29) is 11.8 Å². The third-order valence-electron chi connectivity index (χ3n) is 2.62. The average molecular weight is 270 g/mol. The van der Waals surface area contributed by atoms with Crippen molar-refractivity contribution in [2.24, 2.45) is 0 Å². The van der Waals surface area contributed by atoms with Crippen molar-refractivity contribution in [2.75, 3.05) is 19.0 Å². The van der Waals surface area contributed by atoms with Crippen LogP contribution in [0.15, 0.2) is 16.0 Å². The molecule has 1 aliphatic heterocycles. The Morgan fingerprint density at radius 3 is 3.00 bits per heavy atom. The second-order valence-corrected chi connectivity index (χ2v) is 5.14. The lowest BCUT2D eigenvalue weighted by molar-refractivity contribution is -0.178. The third-order valence-corrected chi connectivity index (χ3v) is 3.53. The first-order chi connectivity index (χ1) is 8.78. The molecule has 0 radical (unpaired) electrons. The predicted molar refractivity (Wildman–Crippen MR) is 69.9 cm³/mol. The molecule has 0 atom stereocenters. The van der Waals surface area contributed by atoms with Crippen LogP contribution in [-0.2, 0) is 15.9 Å². The monoisotopic (exact) mass is 270 g/mol. The van der Waals surface area contributed by atoms with Gasteiger partial charge in [-0.3, -0.25) is 4.79 Å². The minimum absolute atomic E-state index is 0.0884. The largest absolute Gasteiger partial charge is 0.353 e. The molecule has 0 aliphatic carbocycles. The standard InChI is InChI=1S/C12H18N2O3S/c1-2-9-8-10(15)14-12(13-9)18-7-4-11-16-5-3-6-17-11/h8,11H,2-7H2,1H3,(H,13,14,15). The summed E-state index contributed by atoms with van der Waals surface area (Å²) < 4.78 is 10.9. The van der Waals surface area contributed by atoms with E-state index < -0.39 is 0 Å².